The molecule has 7 heteroatoms. The van der Waals surface area contributed by atoms with Crippen LogP contribution in [0, 0.1) is 11.8 Å². The first-order valence-electron chi connectivity index (χ1n) is 6.52. The Bertz CT molecular complexity index is 392. The Balaban J connectivity index is 1.58. The first-order valence-corrected chi connectivity index (χ1v) is 6.52. The van der Waals surface area contributed by atoms with Gasteiger partial charge in [-0.15, -0.1) is 5.10 Å². The summed E-state index contributed by atoms with van der Waals surface area (Å²) in [4.78, 5) is 14.1. The van der Waals surface area contributed by atoms with Gasteiger partial charge in [0.1, 0.15) is 12.9 Å². The van der Waals surface area contributed by atoms with E-state index in [2.05, 4.69) is 20.8 Å². The fourth-order valence-corrected chi connectivity index (χ4v) is 2.96. The summed E-state index contributed by atoms with van der Waals surface area (Å²) in [6.07, 6.45) is 3.70. The normalized spacial score (nSPS) is 27.9. The molecule has 2 atom stereocenters. The number of hydrogen-bond acceptors (Lipinski definition) is 5. The summed E-state index contributed by atoms with van der Waals surface area (Å²) in [5.74, 6) is 1.61. The SMILES string of the molecule is O=C(Cn1cnnn1)N1CC[C@@H]2CNC[C@@H]2CC1. The van der Waals surface area contributed by atoms with Crippen molar-refractivity contribution in [2.24, 2.45) is 11.8 Å². The predicted octanol–water partition coefficient (Wildman–Crippen LogP) is -0.869. The van der Waals surface area contributed by atoms with Gasteiger partial charge in [-0.1, -0.05) is 0 Å². The van der Waals surface area contributed by atoms with Gasteiger partial charge < -0.3 is 10.2 Å². The topological polar surface area (TPSA) is 75.9 Å². The van der Waals surface area contributed by atoms with Crippen LogP contribution in [0.1, 0.15) is 12.8 Å². The second kappa shape index (κ2) is 5.01. The largest absolute Gasteiger partial charge is 0.341 e. The summed E-state index contributed by atoms with van der Waals surface area (Å²) in [6, 6.07) is 0. The molecule has 1 N–H and O–H groups in total. The molecule has 0 unspecified atom stereocenters. The molecule has 98 valence electrons. The van der Waals surface area contributed by atoms with Gasteiger partial charge in [-0.25, -0.2) is 4.68 Å². The summed E-state index contributed by atoms with van der Waals surface area (Å²) < 4.78 is 1.48. The molecule has 2 fully saturated rings. The Labute approximate surface area is 106 Å². The molecule has 0 aliphatic carbocycles. The Hall–Kier alpha value is -1.50. The Kier molecular flexibility index (Phi) is 3.22. The van der Waals surface area contributed by atoms with Crippen molar-refractivity contribution in [3.63, 3.8) is 0 Å². The van der Waals surface area contributed by atoms with Crippen molar-refractivity contribution in [1.29, 1.82) is 0 Å². The second-order valence-electron chi connectivity index (χ2n) is 5.14. The van der Waals surface area contributed by atoms with Crippen molar-refractivity contribution < 1.29 is 4.79 Å². The molecule has 3 rings (SSSR count). The molecule has 0 saturated carbocycles. The zero-order chi connectivity index (χ0) is 12.4. The van der Waals surface area contributed by atoms with E-state index in [1.807, 2.05) is 4.90 Å². The van der Waals surface area contributed by atoms with Gasteiger partial charge >= 0.3 is 0 Å². The number of carbonyl (C=O) groups is 1. The summed E-state index contributed by atoms with van der Waals surface area (Å²) in [5, 5.41) is 14.2. The minimum atomic E-state index is 0.121. The fraction of sp³-hybridized carbons (Fsp3) is 0.818. The third-order valence-corrected chi connectivity index (χ3v) is 4.06. The number of fused-ring (bicyclic) bond motifs is 1. The van der Waals surface area contributed by atoms with Gasteiger partial charge in [0.2, 0.25) is 5.91 Å². The summed E-state index contributed by atoms with van der Waals surface area (Å²) in [7, 11) is 0. The third-order valence-electron chi connectivity index (χ3n) is 4.06. The maximum atomic E-state index is 12.1. The van der Waals surface area contributed by atoms with E-state index in [0.29, 0.717) is 0 Å². The van der Waals surface area contributed by atoms with E-state index in [1.165, 1.54) is 11.0 Å². The van der Waals surface area contributed by atoms with Crippen LogP contribution in [0.5, 0.6) is 0 Å². The maximum absolute atomic E-state index is 12.1. The van der Waals surface area contributed by atoms with Crippen LogP contribution in [0.15, 0.2) is 6.33 Å². The lowest BCUT2D eigenvalue weighted by atomic mass is 9.92. The summed E-state index contributed by atoms with van der Waals surface area (Å²) >= 11 is 0. The molecule has 1 aromatic heterocycles. The van der Waals surface area contributed by atoms with Gasteiger partial charge in [0, 0.05) is 13.1 Å². The number of amides is 1. The van der Waals surface area contributed by atoms with Crippen LogP contribution in [0.2, 0.25) is 0 Å². The van der Waals surface area contributed by atoms with E-state index in [-0.39, 0.29) is 12.5 Å². The number of tetrazole rings is 1. The number of nitrogens with zero attached hydrogens (tertiary/aromatic N) is 5. The lowest BCUT2D eigenvalue weighted by Gasteiger charge is -2.20. The van der Waals surface area contributed by atoms with E-state index in [1.54, 1.807) is 0 Å². The lowest BCUT2D eigenvalue weighted by molar-refractivity contribution is -0.132. The number of aromatic nitrogens is 4. The molecule has 0 bridgehead atoms. The molecule has 0 spiro atoms. The Morgan fingerprint density at radius 1 is 1.28 bits per heavy atom. The monoisotopic (exact) mass is 250 g/mol. The smallest absolute Gasteiger partial charge is 0.244 e. The van der Waals surface area contributed by atoms with Crippen molar-refractivity contribution in [2.75, 3.05) is 26.2 Å². The highest BCUT2D eigenvalue weighted by molar-refractivity contribution is 5.75. The number of hydrogen-bond donors (Lipinski definition) is 1. The highest BCUT2D eigenvalue weighted by Crippen LogP contribution is 2.27. The van der Waals surface area contributed by atoms with Crippen LogP contribution in [-0.4, -0.2) is 57.2 Å². The first-order chi connectivity index (χ1) is 8.83. The van der Waals surface area contributed by atoms with Crippen LogP contribution < -0.4 is 5.32 Å². The van der Waals surface area contributed by atoms with Crippen molar-refractivity contribution in [3.8, 4) is 0 Å². The molecular weight excluding hydrogens is 232 g/mol. The zero-order valence-corrected chi connectivity index (χ0v) is 10.3. The first kappa shape index (κ1) is 11.6. The van der Waals surface area contributed by atoms with E-state index >= 15 is 0 Å². The molecule has 2 saturated heterocycles. The van der Waals surface area contributed by atoms with E-state index in [0.717, 1.165) is 50.9 Å². The maximum Gasteiger partial charge on any atom is 0.244 e. The van der Waals surface area contributed by atoms with Crippen molar-refractivity contribution in [2.45, 2.75) is 19.4 Å². The van der Waals surface area contributed by atoms with Crippen molar-refractivity contribution >= 4 is 5.91 Å². The zero-order valence-electron chi connectivity index (χ0n) is 10.3. The molecule has 18 heavy (non-hydrogen) atoms. The van der Waals surface area contributed by atoms with Gasteiger partial charge in [0.15, 0.2) is 0 Å². The van der Waals surface area contributed by atoms with Crippen molar-refractivity contribution in [1.82, 2.24) is 30.4 Å². The molecule has 3 heterocycles. The quantitative estimate of drug-likeness (QED) is 0.738. The number of nitrogens with one attached hydrogen (secondary N) is 1. The number of carbonyl (C=O) groups excluding carboxylic acids is 1. The van der Waals surface area contributed by atoms with E-state index in [4.69, 9.17) is 0 Å². The molecule has 0 aromatic carbocycles. The standard InChI is InChI=1S/C11H18N6O/c18-11(7-17-8-13-14-15-17)16-3-1-9-5-12-6-10(9)2-4-16/h8-10,12H,1-7H2/t9-,10+. The van der Waals surface area contributed by atoms with Crippen LogP contribution in [0.4, 0.5) is 0 Å². The highest BCUT2D eigenvalue weighted by Gasteiger charge is 2.31. The molecule has 0 radical (unpaired) electrons. The van der Waals surface area contributed by atoms with E-state index < -0.39 is 0 Å². The van der Waals surface area contributed by atoms with Crippen molar-refractivity contribution in [3.05, 3.63) is 6.33 Å². The third kappa shape index (κ3) is 2.35. The number of rotatable bonds is 2. The van der Waals surface area contributed by atoms with Crippen LogP contribution >= 0.6 is 0 Å². The Morgan fingerprint density at radius 2 is 2.00 bits per heavy atom. The molecule has 7 nitrogen and oxygen atoms in total. The van der Waals surface area contributed by atoms with Gasteiger partial charge in [0.25, 0.3) is 0 Å². The molecule has 2 aliphatic rings. The molecular formula is C11H18N6O. The predicted molar refractivity (Wildman–Crippen MR) is 63.5 cm³/mol. The molecule has 1 amide bonds. The van der Waals surface area contributed by atoms with Gasteiger partial charge in [-0.3, -0.25) is 4.79 Å². The lowest BCUT2D eigenvalue weighted by Crippen LogP contribution is -2.35. The van der Waals surface area contributed by atoms with Gasteiger partial charge in [0.05, 0.1) is 0 Å². The fourth-order valence-electron chi connectivity index (χ4n) is 2.96. The molecule has 2 aliphatic heterocycles. The van der Waals surface area contributed by atoms with Crippen LogP contribution in [-0.2, 0) is 11.3 Å². The highest BCUT2D eigenvalue weighted by atomic mass is 16.2. The van der Waals surface area contributed by atoms with Gasteiger partial charge in [-0.05, 0) is 48.2 Å². The summed E-state index contributed by atoms with van der Waals surface area (Å²) in [6.45, 7) is 4.20. The second-order valence-corrected chi connectivity index (χ2v) is 5.14. The van der Waals surface area contributed by atoms with Crippen LogP contribution in [0.25, 0.3) is 0 Å². The average molecular weight is 250 g/mol. The van der Waals surface area contributed by atoms with Gasteiger partial charge in [-0.2, -0.15) is 0 Å². The minimum absolute atomic E-state index is 0.121. The molecule has 1 aromatic rings. The summed E-state index contributed by atoms with van der Waals surface area (Å²) in [5.41, 5.74) is 0. The van der Waals surface area contributed by atoms with Crippen LogP contribution in [0.3, 0.4) is 0 Å². The van der Waals surface area contributed by atoms with E-state index in [9.17, 15) is 4.79 Å². The number of likely N-dealkylation sites (tertiary alicyclic amines) is 1. The Morgan fingerprint density at radius 3 is 2.61 bits per heavy atom. The average Bonchev–Trinajstić information content (AvgIpc) is 2.98. The minimum Gasteiger partial charge on any atom is -0.341 e.